The predicted molar refractivity (Wildman–Crippen MR) is 106 cm³/mol. The van der Waals surface area contributed by atoms with E-state index in [-0.39, 0.29) is 0 Å². The molecule has 2 aromatic rings. The van der Waals surface area contributed by atoms with Crippen LogP contribution in [0.25, 0.3) is 0 Å². The van der Waals surface area contributed by atoms with Crippen LogP contribution >= 0.6 is 0 Å². The van der Waals surface area contributed by atoms with Crippen LogP contribution in [0.4, 0.5) is 5.69 Å². The van der Waals surface area contributed by atoms with E-state index in [1.807, 2.05) is 44.2 Å². The number of anilines is 1. The van der Waals surface area contributed by atoms with E-state index >= 15 is 0 Å². The maximum atomic E-state index is 5.54. The molecule has 2 N–H and O–H groups in total. The zero-order valence-corrected chi connectivity index (χ0v) is 16.1. The number of nitrogens with one attached hydrogen (secondary N) is 2. The summed E-state index contributed by atoms with van der Waals surface area (Å²) in [5.74, 6) is 2.91. The van der Waals surface area contributed by atoms with Gasteiger partial charge in [0.1, 0.15) is 5.75 Å². The summed E-state index contributed by atoms with van der Waals surface area (Å²) in [7, 11) is 5.03. The van der Waals surface area contributed by atoms with Gasteiger partial charge in [0, 0.05) is 25.3 Å². The second-order valence-corrected chi connectivity index (χ2v) is 5.71. The monoisotopic (exact) mass is 357 g/mol. The van der Waals surface area contributed by atoms with Gasteiger partial charge in [-0.2, -0.15) is 0 Å². The van der Waals surface area contributed by atoms with Crippen molar-refractivity contribution in [1.29, 1.82) is 0 Å². The van der Waals surface area contributed by atoms with Crippen LogP contribution in [-0.4, -0.2) is 33.8 Å². The average molecular weight is 357 g/mol. The summed E-state index contributed by atoms with van der Waals surface area (Å²) in [5, 5.41) is 6.56. The van der Waals surface area contributed by atoms with E-state index in [1.54, 1.807) is 21.3 Å². The minimum Gasteiger partial charge on any atom is -0.497 e. The van der Waals surface area contributed by atoms with Gasteiger partial charge >= 0.3 is 0 Å². The third-order valence-corrected chi connectivity index (χ3v) is 3.76. The van der Waals surface area contributed by atoms with Crippen molar-refractivity contribution in [3.05, 3.63) is 47.5 Å². The van der Waals surface area contributed by atoms with Crippen LogP contribution in [0, 0.1) is 6.92 Å². The Kier molecular flexibility index (Phi) is 7.14. The van der Waals surface area contributed by atoms with Gasteiger partial charge in [0.25, 0.3) is 0 Å². The number of ether oxygens (including phenoxy) is 3. The first-order valence-corrected chi connectivity index (χ1v) is 8.52. The molecule has 140 valence electrons. The smallest absolute Gasteiger partial charge is 0.195 e. The van der Waals surface area contributed by atoms with E-state index in [2.05, 4.69) is 21.7 Å². The first kappa shape index (κ1) is 19.4. The minimum atomic E-state index is 0.590. The number of aryl methyl sites for hydroxylation is 1. The summed E-state index contributed by atoms with van der Waals surface area (Å²) in [4.78, 5) is 4.27. The number of rotatable bonds is 7. The molecule has 0 radical (unpaired) electrons. The van der Waals surface area contributed by atoms with Crippen molar-refractivity contribution in [3.8, 4) is 17.2 Å². The third kappa shape index (κ3) is 5.31. The molecule has 6 nitrogen and oxygen atoms in total. The third-order valence-electron chi connectivity index (χ3n) is 3.76. The molecule has 0 spiro atoms. The van der Waals surface area contributed by atoms with Crippen molar-refractivity contribution in [2.45, 2.75) is 20.4 Å². The van der Waals surface area contributed by atoms with Crippen LogP contribution in [0.3, 0.4) is 0 Å². The summed E-state index contributed by atoms with van der Waals surface area (Å²) in [6.45, 7) is 5.21. The molecule has 0 aliphatic rings. The van der Waals surface area contributed by atoms with E-state index < -0.39 is 0 Å². The van der Waals surface area contributed by atoms with Crippen LogP contribution in [-0.2, 0) is 6.54 Å². The lowest BCUT2D eigenvalue weighted by Crippen LogP contribution is -2.30. The van der Waals surface area contributed by atoms with Gasteiger partial charge in [0.05, 0.1) is 20.8 Å². The first-order valence-electron chi connectivity index (χ1n) is 8.52. The Labute approximate surface area is 155 Å². The second kappa shape index (κ2) is 9.56. The number of hydrogen-bond donors (Lipinski definition) is 2. The molecule has 0 unspecified atom stereocenters. The molecule has 0 aromatic heterocycles. The highest BCUT2D eigenvalue weighted by Crippen LogP contribution is 2.30. The number of nitrogens with zero attached hydrogens (tertiary/aromatic N) is 1. The fourth-order valence-electron chi connectivity index (χ4n) is 2.57. The molecule has 2 rings (SSSR count). The largest absolute Gasteiger partial charge is 0.497 e. The number of methoxy groups -OCH3 is 2. The van der Waals surface area contributed by atoms with Crippen LogP contribution in [0.2, 0.25) is 0 Å². The molecular formula is C20H27N3O3. The Bertz CT molecular complexity index is 760. The van der Waals surface area contributed by atoms with Crippen molar-refractivity contribution in [2.24, 2.45) is 4.99 Å². The van der Waals surface area contributed by atoms with Gasteiger partial charge in [-0.3, -0.25) is 4.99 Å². The number of hydrogen-bond acceptors (Lipinski definition) is 4. The molecule has 0 saturated carbocycles. The maximum Gasteiger partial charge on any atom is 0.195 e. The van der Waals surface area contributed by atoms with E-state index in [1.165, 1.54) is 0 Å². The molecule has 0 saturated heterocycles. The molecule has 0 bridgehead atoms. The quantitative estimate of drug-likeness (QED) is 0.586. The minimum absolute atomic E-state index is 0.590. The second-order valence-electron chi connectivity index (χ2n) is 5.71. The lowest BCUT2D eigenvalue weighted by molar-refractivity contribution is 0.311. The van der Waals surface area contributed by atoms with Gasteiger partial charge in [-0.1, -0.05) is 6.07 Å². The first-order chi connectivity index (χ1) is 12.6. The zero-order valence-electron chi connectivity index (χ0n) is 16.1. The van der Waals surface area contributed by atoms with Gasteiger partial charge in [0.2, 0.25) is 0 Å². The summed E-state index contributed by atoms with van der Waals surface area (Å²) < 4.78 is 16.2. The van der Waals surface area contributed by atoms with Crippen molar-refractivity contribution >= 4 is 11.6 Å². The van der Waals surface area contributed by atoms with Gasteiger partial charge in [-0.15, -0.1) is 0 Å². The predicted octanol–water partition coefficient (Wildman–Crippen LogP) is 3.60. The lowest BCUT2D eigenvalue weighted by Gasteiger charge is -2.15. The topological polar surface area (TPSA) is 64.1 Å². The van der Waals surface area contributed by atoms with Crippen LogP contribution in [0.1, 0.15) is 18.1 Å². The van der Waals surface area contributed by atoms with Gasteiger partial charge in [0.15, 0.2) is 17.5 Å². The molecule has 6 heteroatoms. The zero-order chi connectivity index (χ0) is 18.9. The van der Waals surface area contributed by atoms with Crippen molar-refractivity contribution < 1.29 is 14.2 Å². The molecule has 0 atom stereocenters. The molecule has 0 fully saturated rings. The van der Waals surface area contributed by atoms with Gasteiger partial charge < -0.3 is 24.8 Å². The highest BCUT2D eigenvalue weighted by molar-refractivity contribution is 5.93. The molecule has 0 aliphatic carbocycles. The molecule has 2 aromatic carbocycles. The lowest BCUT2D eigenvalue weighted by atomic mass is 10.1. The summed E-state index contributed by atoms with van der Waals surface area (Å²) in [5.41, 5.74) is 3.13. The Balaban J connectivity index is 2.05. The normalized spacial score (nSPS) is 11.0. The molecule has 26 heavy (non-hydrogen) atoms. The van der Waals surface area contributed by atoms with E-state index in [9.17, 15) is 0 Å². The summed E-state index contributed by atoms with van der Waals surface area (Å²) >= 11 is 0. The number of benzene rings is 2. The maximum absolute atomic E-state index is 5.54. The Hall–Kier alpha value is -2.89. The Morgan fingerprint density at radius 3 is 2.50 bits per heavy atom. The van der Waals surface area contributed by atoms with E-state index in [4.69, 9.17) is 14.2 Å². The molecule has 0 aliphatic heterocycles. The highest BCUT2D eigenvalue weighted by atomic mass is 16.5. The Morgan fingerprint density at radius 2 is 1.85 bits per heavy atom. The molecule has 0 amide bonds. The van der Waals surface area contributed by atoms with Gasteiger partial charge in [-0.25, -0.2) is 0 Å². The van der Waals surface area contributed by atoms with Crippen LogP contribution in [0.5, 0.6) is 17.2 Å². The fraction of sp³-hybridized carbons (Fsp3) is 0.350. The highest BCUT2D eigenvalue weighted by Gasteiger charge is 2.07. The molecular weight excluding hydrogens is 330 g/mol. The summed E-state index contributed by atoms with van der Waals surface area (Å²) in [6, 6.07) is 11.8. The van der Waals surface area contributed by atoms with Crippen molar-refractivity contribution in [1.82, 2.24) is 5.32 Å². The summed E-state index contributed by atoms with van der Waals surface area (Å²) in [6.07, 6.45) is 0. The van der Waals surface area contributed by atoms with E-state index in [0.29, 0.717) is 24.9 Å². The SMILES string of the molecule is CCOc1ccc(NC(=NC)NCc2cc(C)cc(OC)c2)cc1OC. The molecule has 0 heterocycles. The van der Waals surface area contributed by atoms with E-state index in [0.717, 1.165) is 28.3 Å². The Morgan fingerprint density at radius 1 is 1.04 bits per heavy atom. The number of guanidine groups is 1. The van der Waals surface area contributed by atoms with Crippen molar-refractivity contribution in [2.75, 3.05) is 33.2 Å². The van der Waals surface area contributed by atoms with Gasteiger partial charge in [-0.05, 0) is 49.2 Å². The standard InChI is InChI=1S/C20H27N3O3/c1-6-26-18-8-7-16(12-19(18)25-5)23-20(21-3)22-13-15-9-14(2)10-17(11-15)24-4/h7-12H,6,13H2,1-5H3,(H2,21,22,23). The number of aliphatic imine (C=N–C) groups is 1. The van der Waals surface area contributed by atoms with Crippen LogP contribution in [0.15, 0.2) is 41.4 Å². The average Bonchev–Trinajstić information content (AvgIpc) is 2.65. The van der Waals surface area contributed by atoms with Crippen molar-refractivity contribution in [3.63, 3.8) is 0 Å². The fourth-order valence-corrected chi connectivity index (χ4v) is 2.57. The van der Waals surface area contributed by atoms with Crippen LogP contribution < -0.4 is 24.8 Å².